The molecule has 0 saturated heterocycles. The average molecular weight is 357 g/mol. The molecule has 0 aromatic heterocycles. The van der Waals surface area contributed by atoms with Crippen molar-refractivity contribution in [2.24, 2.45) is 0 Å². The molecule has 7 nitrogen and oxygen atoms in total. The molecule has 0 aliphatic carbocycles. The van der Waals surface area contributed by atoms with Gasteiger partial charge in [-0.15, -0.1) is 0 Å². The summed E-state index contributed by atoms with van der Waals surface area (Å²) in [6.45, 7) is 1.62. The summed E-state index contributed by atoms with van der Waals surface area (Å²) in [6.07, 6.45) is 0.0737. The second kappa shape index (κ2) is 7.69. The maximum atomic E-state index is 12.6. The molecule has 2 rings (SSSR count). The van der Waals surface area contributed by atoms with Crippen LogP contribution in [0.1, 0.15) is 39.6 Å². The normalized spacial score (nSPS) is 12.8. The van der Waals surface area contributed by atoms with E-state index in [0.717, 1.165) is 0 Å². The Morgan fingerprint density at radius 2 is 1.54 bits per heavy atom. The first-order valence-corrected chi connectivity index (χ1v) is 7.95. The summed E-state index contributed by atoms with van der Waals surface area (Å²) in [6, 6.07) is 11.6. The Bertz CT molecular complexity index is 830. The highest BCUT2D eigenvalue weighted by molar-refractivity contribution is 6.06. The van der Waals surface area contributed by atoms with Crippen molar-refractivity contribution in [2.75, 3.05) is 0 Å². The van der Waals surface area contributed by atoms with Gasteiger partial charge in [0.2, 0.25) is 0 Å². The van der Waals surface area contributed by atoms with Gasteiger partial charge in [0.05, 0.1) is 11.1 Å². The molecule has 1 atom stereocenters. The molecule has 0 unspecified atom stereocenters. The first-order valence-electron chi connectivity index (χ1n) is 7.95. The lowest BCUT2D eigenvalue weighted by molar-refractivity contribution is -0.144. The van der Waals surface area contributed by atoms with Gasteiger partial charge in [-0.3, -0.25) is 4.79 Å². The molecule has 26 heavy (non-hydrogen) atoms. The largest absolute Gasteiger partial charge is 0.508 e. The van der Waals surface area contributed by atoms with Crippen LogP contribution in [0, 0.1) is 0 Å². The van der Waals surface area contributed by atoms with Crippen LogP contribution in [0.15, 0.2) is 48.5 Å². The zero-order chi connectivity index (χ0) is 19.3. The number of phenolic OH excluding ortho intramolecular Hbond substituents is 1. The lowest BCUT2D eigenvalue weighted by Gasteiger charge is -2.30. The van der Waals surface area contributed by atoms with Crippen LogP contribution in [0.5, 0.6) is 5.75 Å². The number of carbonyl (C=O) groups is 3. The van der Waals surface area contributed by atoms with Crippen LogP contribution in [0.4, 0.5) is 0 Å². The summed E-state index contributed by atoms with van der Waals surface area (Å²) < 4.78 is 0. The van der Waals surface area contributed by atoms with Crippen molar-refractivity contribution < 1.29 is 29.7 Å². The molecule has 0 saturated carbocycles. The van der Waals surface area contributed by atoms with Gasteiger partial charge in [0.15, 0.2) is 0 Å². The number of amides is 1. The third-order valence-corrected chi connectivity index (χ3v) is 4.21. The van der Waals surface area contributed by atoms with Gasteiger partial charge in [-0.05, 0) is 36.2 Å². The van der Waals surface area contributed by atoms with Gasteiger partial charge in [0, 0.05) is 6.42 Å². The number of aromatic hydroxyl groups is 1. The zero-order valence-corrected chi connectivity index (χ0v) is 14.1. The Hall–Kier alpha value is -3.35. The van der Waals surface area contributed by atoms with E-state index >= 15 is 0 Å². The molecule has 2 aromatic carbocycles. The third-order valence-electron chi connectivity index (χ3n) is 4.21. The highest BCUT2D eigenvalue weighted by atomic mass is 16.4. The van der Waals surface area contributed by atoms with Crippen molar-refractivity contribution in [1.82, 2.24) is 5.32 Å². The second-order valence-electron chi connectivity index (χ2n) is 5.89. The number of carbonyl (C=O) groups excluding carboxylic acids is 1. The minimum absolute atomic E-state index is 0.0138. The van der Waals surface area contributed by atoms with E-state index in [0.29, 0.717) is 5.56 Å². The van der Waals surface area contributed by atoms with E-state index in [4.69, 9.17) is 0 Å². The van der Waals surface area contributed by atoms with Gasteiger partial charge >= 0.3 is 11.9 Å². The van der Waals surface area contributed by atoms with Crippen LogP contribution < -0.4 is 5.32 Å². The Balaban J connectivity index is 2.36. The number of benzene rings is 2. The van der Waals surface area contributed by atoms with Gasteiger partial charge in [0.25, 0.3) is 5.91 Å². The maximum absolute atomic E-state index is 12.6. The molecule has 0 bridgehead atoms. The minimum Gasteiger partial charge on any atom is -0.508 e. The van der Waals surface area contributed by atoms with Crippen molar-refractivity contribution >= 4 is 17.8 Å². The van der Waals surface area contributed by atoms with Crippen molar-refractivity contribution in [3.8, 4) is 5.75 Å². The second-order valence-corrected chi connectivity index (χ2v) is 5.89. The molecule has 0 fully saturated rings. The van der Waals surface area contributed by atoms with Gasteiger partial charge < -0.3 is 20.6 Å². The number of carboxylic acid groups (broad SMARTS) is 2. The van der Waals surface area contributed by atoms with Crippen LogP contribution in [-0.2, 0) is 11.2 Å². The Kier molecular flexibility index (Phi) is 5.61. The highest BCUT2D eigenvalue weighted by Crippen LogP contribution is 2.21. The number of hydrogen-bond acceptors (Lipinski definition) is 4. The topological polar surface area (TPSA) is 124 Å². The summed E-state index contributed by atoms with van der Waals surface area (Å²) >= 11 is 0. The number of aromatic carboxylic acids is 1. The van der Waals surface area contributed by atoms with Crippen LogP contribution in [-0.4, -0.2) is 38.7 Å². The summed E-state index contributed by atoms with van der Waals surface area (Å²) in [5.74, 6) is -3.22. The summed E-state index contributed by atoms with van der Waals surface area (Å²) in [5, 5.41) is 30.8. The molecular weight excluding hydrogens is 338 g/mol. The summed E-state index contributed by atoms with van der Waals surface area (Å²) in [7, 11) is 0. The SMILES string of the molecule is CC[C@@](Cc1ccc(O)cc1)(NC(=O)c1ccccc1C(=O)O)C(=O)O. The molecular formula is C19H19NO6. The van der Waals surface area contributed by atoms with Gasteiger partial charge in [-0.1, -0.05) is 31.2 Å². The predicted octanol–water partition coefficient (Wildman–Crippen LogP) is 2.30. The first kappa shape index (κ1) is 19.0. The highest BCUT2D eigenvalue weighted by Gasteiger charge is 2.39. The van der Waals surface area contributed by atoms with Crippen LogP contribution >= 0.6 is 0 Å². The lowest BCUT2D eigenvalue weighted by atomic mass is 9.87. The molecule has 0 radical (unpaired) electrons. The first-order chi connectivity index (χ1) is 12.3. The monoisotopic (exact) mass is 357 g/mol. The number of rotatable bonds is 7. The molecule has 0 aliphatic rings. The van der Waals surface area contributed by atoms with Crippen molar-refractivity contribution in [3.63, 3.8) is 0 Å². The molecule has 0 spiro atoms. The fourth-order valence-corrected chi connectivity index (χ4v) is 2.65. The molecule has 0 heterocycles. The molecule has 2 aromatic rings. The fraction of sp³-hybridized carbons (Fsp3) is 0.211. The van der Waals surface area contributed by atoms with Gasteiger partial charge in [-0.2, -0.15) is 0 Å². The van der Waals surface area contributed by atoms with Crippen LogP contribution in [0.2, 0.25) is 0 Å². The number of aliphatic carboxylic acids is 1. The smallest absolute Gasteiger partial charge is 0.336 e. The van der Waals surface area contributed by atoms with Crippen LogP contribution in [0.25, 0.3) is 0 Å². The standard InChI is InChI=1S/C19H19NO6/c1-2-19(18(25)26,11-12-7-9-13(21)10-8-12)20-16(22)14-5-3-4-6-15(14)17(23)24/h3-10,21H,2,11H2,1H3,(H,20,22)(H,23,24)(H,25,26)/t19-/m0/s1. The molecule has 0 aliphatic heterocycles. The molecule has 136 valence electrons. The van der Waals surface area contributed by atoms with E-state index < -0.39 is 23.4 Å². The minimum atomic E-state index is -1.61. The Morgan fingerprint density at radius 3 is 2.04 bits per heavy atom. The van der Waals surface area contributed by atoms with E-state index in [1.54, 1.807) is 19.1 Å². The van der Waals surface area contributed by atoms with E-state index in [9.17, 15) is 29.7 Å². The van der Waals surface area contributed by atoms with Crippen molar-refractivity contribution in [1.29, 1.82) is 0 Å². The number of carboxylic acids is 2. The van der Waals surface area contributed by atoms with E-state index in [2.05, 4.69) is 5.32 Å². The molecule has 1 amide bonds. The van der Waals surface area contributed by atoms with Gasteiger partial charge in [-0.25, -0.2) is 9.59 Å². The lowest BCUT2D eigenvalue weighted by Crippen LogP contribution is -2.56. The molecule has 4 N–H and O–H groups in total. The third kappa shape index (κ3) is 4.00. The van der Waals surface area contributed by atoms with Crippen molar-refractivity contribution in [2.45, 2.75) is 25.3 Å². The summed E-state index contributed by atoms with van der Waals surface area (Å²) in [5.41, 5.74) is -1.31. The molecule has 7 heteroatoms. The Morgan fingerprint density at radius 1 is 0.962 bits per heavy atom. The quantitative estimate of drug-likeness (QED) is 0.603. The summed E-state index contributed by atoms with van der Waals surface area (Å²) in [4.78, 5) is 35.8. The number of hydrogen-bond donors (Lipinski definition) is 4. The van der Waals surface area contributed by atoms with E-state index in [1.165, 1.54) is 36.4 Å². The van der Waals surface area contributed by atoms with E-state index in [-0.39, 0.29) is 29.7 Å². The number of nitrogens with one attached hydrogen (secondary N) is 1. The van der Waals surface area contributed by atoms with Gasteiger partial charge in [0.1, 0.15) is 11.3 Å². The predicted molar refractivity (Wildman–Crippen MR) is 93.3 cm³/mol. The van der Waals surface area contributed by atoms with Crippen molar-refractivity contribution in [3.05, 3.63) is 65.2 Å². The van der Waals surface area contributed by atoms with E-state index in [1.807, 2.05) is 0 Å². The fourth-order valence-electron chi connectivity index (χ4n) is 2.65. The average Bonchev–Trinajstić information content (AvgIpc) is 2.62. The Labute approximate surface area is 149 Å². The number of phenols is 1. The maximum Gasteiger partial charge on any atom is 0.336 e. The van der Waals surface area contributed by atoms with Crippen LogP contribution in [0.3, 0.4) is 0 Å². The zero-order valence-electron chi connectivity index (χ0n) is 14.1.